The van der Waals surface area contributed by atoms with Gasteiger partial charge in [-0.25, -0.2) is 0 Å². The summed E-state index contributed by atoms with van der Waals surface area (Å²) in [5.74, 6) is -1.57. The Morgan fingerprint density at radius 2 is 1.73 bits per heavy atom. The molecular weight excluding hydrogens is 428 g/mol. The second-order valence-corrected chi connectivity index (χ2v) is 9.73. The van der Waals surface area contributed by atoms with Crippen LogP contribution in [0.15, 0.2) is 43.0 Å². The molecule has 0 spiro atoms. The van der Waals surface area contributed by atoms with E-state index in [1.54, 1.807) is 13.0 Å². The Kier molecular flexibility index (Phi) is 7.29. The van der Waals surface area contributed by atoms with Gasteiger partial charge in [-0.15, -0.1) is 6.58 Å². The van der Waals surface area contributed by atoms with Gasteiger partial charge in [0.15, 0.2) is 17.9 Å². The van der Waals surface area contributed by atoms with Crippen molar-refractivity contribution in [3.05, 3.63) is 48.6 Å². The van der Waals surface area contributed by atoms with E-state index in [4.69, 9.17) is 33.2 Å². The molecule has 1 aromatic rings. The number of aliphatic hydroxyl groups is 1. The number of ether oxygens (including phenoxy) is 7. The zero-order chi connectivity index (χ0) is 23.8. The van der Waals surface area contributed by atoms with E-state index in [-0.39, 0.29) is 6.10 Å². The quantitative estimate of drug-likeness (QED) is 0.588. The van der Waals surface area contributed by atoms with E-state index >= 15 is 0 Å². The van der Waals surface area contributed by atoms with Crippen LogP contribution in [-0.2, 0) is 39.8 Å². The predicted octanol–water partition coefficient (Wildman–Crippen LogP) is 2.92. The molecule has 3 heterocycles. The highest BCUT2D eigenvalue weighted by atomic mass is 16.8. The molecule has 0 saturated carbocycles. The lowest BCUT2D eigenvalue weighted by atomic mass is 9.97. The molecule has 3 fully saturated rings. The fourth-order valence-electron chi connectivity index (χ4n) is 4.45. The maximum Gasteiger partial charge on any atom is 0.187 e. The molecule has 3 saturated heterocycles. The third kappa shape index (κ3) is 5.66. The molecule has 184 valence electrons. The Bertz CT molecular complexity index is 797. The molecule has 4 rings (SSSR count). The van der Waals surface area contributed by atoms with Crippen molar-refractivity contribution in [2.75, 3.05) is 6.61 Å². The average molecular weight is 465 g/mol. The summed E-state index contributed by atoms with van der Waals surface area (Å²) in [4.78, 5) is 0. The van der Waals surface area contributed by atoms with E-state index in [0.29, 0.717) is 13.2 Å². The highest BCUT2D eigenvalue weighted by Crippen LogP contribution is 2.42. The number of fused-ring (bicyclic) bond motifs is 3. The first-order valence-electron chi connectivity index (χ1n) is 11.5. The maximum atomic E-state index is 10.9. The zero-order valence-corrected chi connectivity index (χ0v) is 20.0. The summed E-state index contributed by atoms with van der Waals surface area (Å²) in [5, 5.41) is 10.9. The molecule has 0 bridgehead atoms. The average Bonchev–Trinajstić information content (AvgIpc) is 3.11. The number of rotatable bonds is 8. The Morgan fingerprint density at radius 3 is 2.42 bits per heavy atom. The lowest BCUT2D eigenvalue weighted by Gasteiger charge is -2.48. The zero-order valence-electron chi connectivity index (χ0n) is 20.0. The first-order valence-corrected chi connectivity index (χ1v) is 11.5. The molecule has 0 aliphatic carbocycles. The lowest BCUT2D eigenvalue weighted by molar-refractivity contribution is -0.374. The summed E-state index contributed by atoms with van der Waals surface area (Å²) >= 11 is 0. The molecule has 0 aromatic heterocycles. The van der Waals surface area contributed by atoms with Crippen molar-refractivity contribution >= 4 is 0 Å². The Labute approximate surface area is 195 Å². The molecule has 3 aliphatic heterocycles. The van der Waals surface area contributed by atoms with E-state index in [2.05, 4.69) is 6.58 Å². The minimum absolute atomic E-state index is 0.336. The summed E-state index contributed by atoms with van der Waals surface area (Å²) in [6.07, 6.45) is -3.14. The van der Waals surface area contributed by atoms with Gasteiger partial charge in [0.25, 0.3) is 0 Å². The van der Waals surface area contributed by atoms with Crippen LogP contribution in [0.2, 0.25) is 0 Å². The maximum absolute atomic E-state index is 10.9. The van der Waals surface area contributed by atoms with Crippen molar-refractivity contribution in [3.63, 3.8) is 0 Å². The Balaban J connectivity index is 1.43. The van der Waals surface area contributed by atoms with Crippen LogP contribution in [-0.4, -0.2) is 72.3 Å². The highest BCUT2D eigenvalue weighted by Gasteiger charge is 2.59. The molecule has 33 heavy (non-hydrogen) atoms. The van der Waals surface area contributed by atoms with Gasteiger partial charge in [0, 0.05) is 0 Å². The summed E-state index contributed by atoms with van der Waals surface area (Å²) < 4.78 is 42.5. The van der Waals surface area contributed by atoms with Gasteiger partial charge in [-0.05, 0) is 40.2 Å². The first kappa shape index (κ1) is 24.8. The molecule has 1 N–H and O–H groups in total. The monoisotopic (exact) mass is 464 g/mol. The van der Waals surface area contributed by atoms with Gasteiger partial charge in [0.05, 0.1) is 19.3 Å². The molecule has 8 nitrogen and oxygen atoms in total. The molecule has 8 atom stereocenters. The van der Waals surface area contributed by atoms with E-state index in [1.807, 2.05) is 58.0 Å². The van der Waals surface area contributed by atoms with Crippen LogP contribution in [0.1, 0.15) is 40.2 Å². The van der Waals surface area contributed by atoms with Gasteiger partial charge in [0.2, 0.25) is 0 Å². The number of benzene rings is 1. The molecule has 0 unspecified atom stereocenters. The van der Waals surface area contributed by atoms with Crippen LogP contribution in [0.4, 0.5) is 0 Å². The predicted molar refractivity (Wildman–Crippen MR) is 119 cm³/mol. The molecule has 1 aromatic carbocycles. The van der Waals surface area contributed by atoms with Gasteiger partial charge in [-0.1, -0.05) is 36.4 Å². The van der Waals surface area contributed by atoms with E-state index in [1.165, 1.54) is 0 Å². The summed E-state index contributed by atoms with van der Waals surface area (Å²) in [7, 11) is 0. The van der Waals surface area contributed by atoms with E-state index in [9.17, 15) is 5.11 Å². The van der Waals surface area contributed by atoms with Gasteiger partial charge in [-0.2, -0.15) is 0 Å². The van der Waals surface area contributed by atoms with Crippen molar-refractivity contribution < 1.29 is 38.3 Å². The van der Waals surface area contributed by atoms with Crippen LogP contribution in [0.3, 0.4) is 0 Å². The minimum atomic E-state index is -0.959. The van der Waals surface area contributed by atoms with Crippen LogP contribution >= 0.6 is 0 Å². The number of hydrogen-bond acceptors (Lipinski definition) is 8. The summed E-state index contributed by atoms with van der Waals surface area (Å²) in [5.41, 5.74) is 1.02. The lowest BCUT2D eigenvalue weighted by Crippen LogP contribution is -2.64. The van der Waals surface area contributed by atoms with Crippen molar-refractivity contribution in [3.8, 4) is 0 Å². The molecule has 0 radical (unpaired) electrons. The Morgan fingerprint density at radius 1 is 1.06 bits per heavy atom. The summed E-state index contributed by atoms with van der Waals surface area (Å²) in [6, 6.07) is 9.80. The van der Waals surface area contributed by atoms with Crippen LogP contribution in [0.5, 0.6) is 0 Å². The molecule has 8 heteroatoms. The molecule has 3 aliphatic rings. The van der Waals surface area contributed by atoms with Gasteiger partial charge < -0.3 is 38.3 Å². The smallest absolute Gasteiger partial charge is 0.187 e. The highest BCUT2D eigenvalue weighted by molar-refractivity contribution is 5.13. The fraction of sp³-hybridized carbons (Fsp3) is 0.680. The van der Waals surface area contributed by atoms with E-state index < -0.39 is 54.5 Å². The third-order valence-corrected chi connectivity index (χ3v) is 6.14. The standard InChI is InChI=1S/C25H36O8/c1-7-17(19(26)15(2)27-13-16-11-9-8-10-12-16)29-23-22-21(32-25(5,6)33-22)20-18(30-23)14-28-24(3,4)31-20/h7-12,15,17-23,26H,1,13-14H2,2-6H3/t15-,17+,18-,19+,20-,21+,22+,23+/m1/s1. The second-order valence-electron chi connectivity index (χ2n) is 9.73. The van der Waals surface area contributed by atoms with Crippen molar-refractivity contribution in [1.82, 2.24) is 0 Å². The van der Waals surface area contributed by atoms with Gasteiger partial charge >= 0.3 is 0 Å². The van der Waals surface area contributed by atoms with Crippen LogP contribution in [0, 0.1) is 0 Å². The topological polar surface area (TPSA) is 84.8 Å². The second kappa shape index (κ2) is 9.71. The molecular formula is C25H36O8. The van der Waals surface area contributed by atoms with Crippen LogP contribution in [0.25, 0.3) is 0 Å². The normalized spacial score (nSPS) is 35.2. The number of hydrogen-bond donors (Lipinski definition) is 1. The SMILES string of the molecule is C=C[C@H](O[C@H]1O[C@@H]2COC(C)(C)O[C@H]2[C@@H]2OC(C)(C)O[C@H]12)[C@@H](O)[C@@H](C)OCc1ccccc1. The van der Waals surface area contributed by atoms with Crippen molar-refractivity contribution in [2.24, 2.45) is 0 Å². The third-order valence-electron chi connectivity index (χ3n) is 6.14. The van der Waals surface area contributed by atoms with Crippen molar-refractivity contribution in [1.29, 1.82) is 0 Å². The van der Waals surface area contributed by atoms with E-state index in [0.717, 1.165) is 5.56 Å². The molecule has 0 amide bonds. The summed E-state index contributed by atoms with van der Waals surface area (Å²) in [6.45, 7) is 13.8. The Hall–Kier alpha value is -1.36. The minimum Gasteiger partial charge on any atom is -0.387 e. The first-order chi connectivity index (χ1) is 15.6. The van der Waals surface area contributed by atoms with Gasteiger partial charge in [0.1, 0.15) is 36.6 Å². The van der Waals surface area contributed by atoms with Crippen LogP contribution < -0.4 is 0 Å². The van der Waals surface area contributed by atoms with Gasteiger partial charge in [-0.3, -0.25) is 0 Å². The largest absolute Gasteiger partial charge is 0.387 e. The fourth-order valence-corrected chi connectivity index (χ4v) is 4.45. The number of aliphatic hydroxyl groups excluding tert-OH is 1. The van der Waals surface area contributed by atoms with Crippen molar-refractivity contribution in [2.45, 2.75) is 102 Å².